The molecule has 0 unspecified atom stereocenters. The molecule has 0 radical (unpaired) electrons. The summed E-state index contributed by atoms with van der Waals surface area (Å²) in [6.45, 7) is 3.23. The van der Waals surface area contributed by atoms with Crippen LogP contribution in [0.25, 0.3) is 0 Å². The van der Waals surface area contributed by atoms with Gasteiger partial charge < -0.3 is 10.2 Å². The number of aliphatic carboxylic acids is 2. The van der Waals surface area contributed by atoms with Crippen molar-refractivity contribution in [1.82, 2.24) is 4.90 Å². The Hall–Kier alpha value is -3.33. The third-order valence-corrected chi connectivity index (χ3v) is 7.37. The molecule has 3 atom stereocenters. The number of rotatable bonds is 5. The predicted octanol–water partition coefficient (Wildman–Crippen LogP) is 2.51. The van der Waals surface area contributed by atoms with E-state index in [0.717, 1.165) is 21.6 Å². The Morgan fingerprint density at radius 2 is 1.52 bits per heavy atom. The first-order valence-corrected chi connectivity index (χ1v) is 10.4. The maximum atomic E-state index is 13.7. The minimum atomic E-state index is -2.13. The van der Waals surface area contributed by atoms with Crippen LogP contribution in [0.1, 0.15) is 24.2 Å². The van der Waals surface area contributed by atoms with Crippen LogP contribution in [0.5, 0.6) is 0 Å². The summed E-state index contributed by atoms with van der Waals surface area (Å²) >= 11 is 1.08. The molecule has 2 amide bonds. The number of carboxylic acid groups (broad SMARTS) is 2. The Balaban J connectivity index is 1.97. The SMILES string of the molecule is CC1(C)S[C@@H]2[C@H](C(=O)O)C(=O)N2[C@]1(C(=O)O)N(C(=O)c1ccccc1)c1ccccc1. The molecule has 8 nitrogen and oxygen atoms in total. The third kappa shape index (κ3) is 2.76. The van der Waals surface area contributed by atoms with Gasteiger partial charge in [-0.2, -0.15) is 0 Å². The molecule has 0 bridgehead atoms. The van der Waals surface area contributed by atoms with E-state index in [1.165, 1.54) is 0 Å². The molecule has 2 aromatic carbocycles. The standard InChI is InChI=1S/C22H20N2O6S/c1-21(2)22(20(29)30,24-17(26)15(19(27)28)18(24)31-21)23(14-11-7-4-8-12-14)16(25)13-9-5-3-6-10-13/h3-12,15,18H,1-2H3,(H,27,28)(H,29,30)/t15-,18-,22+/m1/s1. The average molecular weight is 440 g/mol. The molecule has 160 valence electrons. The molecule has 2 N–H and O–H groups in total. The second-order valence-electron chi connectivity index (χ2n) is 7.86. The van der Waals surface area contributed by atoms with Gasteiger partial charge in [0.15, 0.2) is 5.92 Å². The van der Waals surface area contributed by atoms with E-state index >= 15 is 0 Å². The lowest BCUT2D eigenvalue weighted by Crippen LogP contribution is -2.78. The van der Waals surface area contributed by atoms with Crippen LogP contribution in [0, 0.1) is 5.92 Å². The Morgan fingerprint density at radius 3 is 2.03 bits per heavy atom. The van der Waals surface area contributed by atoms with Crippen molar-refractivity contribution in [3.05, 3.63) is 66.2 Å². The fourth-order valence-corrected chi connectivity index (χ4v) is 6.18. The van der Waals surface area contributed by atoms with Gasteiger partial charge >= 0.3 is 11.9 Å². The average Bonchev–Trinajstić information content (AvgIpc) is 2.93. The fourth-order valence-electron chi connectivity index (χ4n) is 4.40. The number of carboxylic acids is 2. The molecular weight excluding hydrogens is 420 g/mol. The maximum absolute atomic E-state index is 13.7. The van der Waals surface area contributed by atoms with Crippen LogP contribution in [0.15, 0.2) is 60.7 Å². The third-order valence-electron chi connectivity index (χ3n) is 5.77. The molecule has 2 aliphatic heterocycles. The Morgan fingerprint density at radius 1 is 0.968 bits per heavy atom. The van der Waals surface area contributed by atoms with Crippen molar-refractivity contribution >= 4 is 41.2 Å². The lowest BCUT2D eigenvalue weighted by Gasteiger charge is -2.53. The second kappa shape index (κ2) is 7.12. The van der Waals surface area contributed by atoms with Gasteiger partial charge in [0.2, 0.25) is 11.6 Å². The monoisotopic (exact) mass is 440 g/mol. The molecule has 2 fully saturated rings. The number of para-hydroxylation sites is 1. The van der Waals surface area contributed by atoms with Gasteiger partial charge in [-0.25, -0.2) is 4.79 Å². The van der Waals surface area contributed by atoms with E-state index in [1.807, 2.05) is 0 Å². The smallest absolute Gasteiger partial charge is 0.352 e. The molecule has 31 heavy (non-hydrogen) atoms. The summed E-state index contributed by atoms with van der Waals surface area (Å²) in [6.07, 6.45) is 0. The van der Waals surface area contributed by atoms with Gasteiger partial charge in [-0.3, -0.25) is 24.2 Å². The molecule has 0 spiro atoms. The van der Waals surface area contributed by atoms with Crippen molar-refractivity contribution < 1.29 is 29.4 Å². The van der Waals surface area contributed by atoms with Crippen molar-refractivity contribution in [2.24, 2.45) is 5.92 Å². The Bertz CT molecular complexity index is 1070. The number of amides is 2. The number of β-lactam (4-membered cyclic amide) rings is 1. The molecule has 4 rings (SSSR count). The van der Waals surface area contributed by atoms with Crippen molar-refractivity contribution in [2.75, 3.05) is 4.90 Å². The molecule has 0 saturated carbocycles. The summed E-state index contributed by atoms with van der Waals surface area (Å²) in [5, 5.41) is 19.1. The number of hydrogen-bond donors (Lipinski definition) is 2. The first kappa shape index (κ1) is 20.9. The van der Waals surface area contributed by atoms with Crippen LogP contribution in [-0.2, 0) is 14.4 Å². The van der Waals surface area contributed by atoms with E-state index in [0.29, 0.717) is 5.69 Å². The first-order valence-electron chi connectivity index (χ1n) is 9.56. The van der Waals surface area contributed by atoms with Crippen LogP contribution >= 0.6 is 11.8 Å². The minimum Gasteiger partial charge on any atom is -0.481 e. The number of thioether (sulfide) groups is 1. The molecule has 2 aliphatic rings. The van der Waals surface area contributed by atoms with Crippen LogP contribution in [0.4, 0.5) is 5.69 Å². The zero-order valence-corrected chi connectivity index (χ0v) is 17.6. The number of fused-ring (bicyclic) bond motifs is 1. The van der Waals surface area contributed by atoms with Gasteiger partial charge in [-0.05, 0) is 38.1 Å². The summed E-state index contributed by atoms with van der Waals surface area (Å²) in [7, 11) is 0. The highest BCUT2D eigenvalue weighted by Crippen LogP contribution is 2.60. The maximum Gasteiger partial charge on any atom is 0.352 e. The molecule has 2 saturated heterocycles. The van der Waals surface area contributed by atoms with Crippen molar-refractivity contribution in [1.29, 1.82) is 0 Å². The van der Waals surface area contributed by atoms with E-state index in [-0.39, 0.29) is 5.56 Å². The van der Waals surface area contributed by atoms with Crippen LogP contribution < -0.4 is 4.90 Å². The zero-order chi connectivity index (χ0) is 22.6. The molecule has 2 heterocycles. The number of hydrogen-bond acceptors (Lipinski definition) is 5. The van der Waals surface area contributed by atoms with E-state index in [4.69, 9.17) is 0 Å². The van der Waals surface area contributed by atoms with Gasteiger partial charge in [0.25, 0.3) is 5.91 Å². The number of carbonyl (C=O) groups excluding carboxylic acids is 2. The zero-order valence-electron chi connectivity index (χ0n) is 16.8. The Labute approximate surface area is 182 Å². The largest absolute Gasteiger partial charge is 0.481 e. The van der Waals surface area contributed by atoms with Crippen molar-refractivity contribution in [2.45, 2.75) is 29.6 Å². The summed E-state index contributed by atoms with van der Waals surface area (Å²) in [4.78, 5) is 53.4. The van der Waals surface area contributed by atoms with Crippen LogP contribution in [-0.4, -0.2) is 54.6 Å². The predicted molar refractivity (Wildman–Crippen MR) is 113 cm³/mol. The molecule has 2 aromatic rings. The van der Waals surface area contributed by atoms with E-state index in [9.17, 15) is 29.4 Å². The molecular formula is C22H20N2O6S. The van der Waals surface area contributed by atoms with Crippen LogP contribution in [0.2, 0.25) is 0 Å². The van der Waals surface area contributed by atoms with Gasteiger partial charge in [0, 0.05) is 11.3 Å². The van der Waals surface area contributed by atoms with Crippen LogP contribution in [0.3, 0.4) is 0 Å². The van der Waals surface area contributed by atoms with Gasteiger partial charge in [0.05, 0.1) is 4.75 Å². The highest BCUT2D eigenvalue weighted by Gasteiger charge is 2.77. The van der Waals surface area contributed by atoms with E-state index in [2.05, 4.69) is 0 Å². The van der Waals surface area contributed by atoms with E-state index in [1.54, 1.807) is 74.5 Å². The Kier molecular flexibility index (Phi) is 4.81. The fraction of sp³-hybridized carbons (Fsp3) is 0.273. The topological polar surface area (TPSA) is 115 Å². The van der Waals surface area contributed by atoms with Gasteiger partial charge in [-0.1, -0.05) is 36.4 Å². The summed E-state index contributed by atoms with van der Waals surface area (Å²) in [5.74, 6) is -5.49. The normalized spacial score (nSPS) is 26.0. The summed E-state index contributed by atoms with van der Waals surface area (Å²) in [6, 6.07) is 16.5. The number of carbonyl (C=O) groups is 4. The number of benzene rings is 2. The first-order chi connectivity index (χ1) is 14.6. The van der Waals surface area contributed by atoms with Gasteiger partial charge in [-0.15, -0.1) is 11.8 Å². The molecule has 9 heteroatoms. The summed E-state index contributed by atoms with van der Waals surface area (Å²) < 4.78 is -1.22. The molecule has 0 aromatic heterocycles. The number of nitrogens with zero attached hydrogens (tertiary/aromatic N) is 2. The van der Waals surface area contributed by atoms with Crippen molar-refractivity contribution in [3.63, 3.8) is 0 Å². The second-order valence-corrected chi connectivity index (χ2v) is 9.60. The highest BCUT2D eigenvalue weighted by molar-refractivity contribution is 8.01. The lowest BCUT2D eigenvalue weighted by molar-refractivity contribution is -0.180. The molecule has 0 aliphatic carbocycles. The summed E-state index contributed by atoms with van der Waals surface area (Å²) in [5.41, 5.74) is -1.58. The van der Waals surface area contributed by atoms with Crippen molar-refractivity contribution in [3.8, 4) is 0 Å². The quantitative estimate of drug-likeness (QED) is 0.542. The highest BCUT2D eigenvalue weighted by atomic mass is 32.2. The lowest BCUT2D eigenvalue weighted by atomic mass is 9.84. The number of anilines is 1. The minimum absolute atomic E-state index is 0.249. The van der Waals surface area contributed by atoms with Gasteiger partial charge in [0.1, 0.15) is 5.37 Å². The van der Waals surface area contributed by atoms with E-state index < -0.39 is 45.5 Å².